The Bertz CT molecular complexity index is 988. The number of rotatable bonds is 7. The fourth-order valence-corrected chi connectivity index (χ4v) is 4.75. The summed E-state index contributed by atoms with van der Waals surface area (Å²) in [6.07, 6.45) is -1.14. The molecule has 0 radical (unpaired) electrons. The maximum absolute atomic E-state index is 14.1. The molecule has 7 nitrogen and oxygen atoms in total. The molecule has 3 rings (SSSR count). The number of nitrogens with two attached hydrogens (primary N) is 1. The minimum atomic E-state index is -1.31. The molecular weight excluding hydrogens is 421 g/mol. The number of halogens is 1. The van der Waals surface area contributed by atoms with Crippen LogP contribution in [0.1, 0.15) is 43.6 Å². The number of hydrogen-bond donors (Lipinski definition) is 3. The van der Waals surface area contributed by atoms with Gasteiger partial charge in [0.1, 0.15) is 17.4 Å². The monoisotopic (exact) mass is 447 g/mol. The van der Waals surface area contributed by atoms with Crippen LogP contribution in [0.4, 0.5) is 9.18 Å². The van der Waals surface area contributed by atoms with Crippen LogP contribution < -0.4 is 11.1 Å². The summed E-state index contributed by atoms with van der Waals surface area (Å²) in [6.45, 7) is 4.96. The summed E-state index contributed by atoms with van der Waals surface area (Å²) in [6, 6.07) is 9.23. The zero-order valence-corrected chi connectivity index (χ0v) is 18.4. The van der Waals surface area contributed by atoms with Gasteiger partial charge in [-0.3, -0.25) is 14.5 Å². The van der Waals surface area contributed by atoms with Crippen molar-refractivity contribution >= 4 is 29.2 Å². The Labute approximate surface area is 184 Å². The van der Waals surface area contributed by atoms with E-state index >= 15 is 0 Å². The van der Waals surface area contributed by atoms with Crippen molar-refractivity contribution in [3.8, 4) is 0 Å². The molecule has 0 aliphatic heterocycles. The van der Waals surface area contributed by atoms with Crippen molar-refractivity contribution < 1.29 is 23.9 Å². The topological polar surface area (TPSA) is 113 Å². The second-order valence-corrected chi connectivity index (χ2v) is 9.73. The van der Waals surface area contributed by atoms with Gasteiger partial charge in [-0.05, 0) is 44.2 Å². The number of primary amides is 1. The summed E-state index contributed by atoms with van der Waals surface area (Å²) in [4.78, 5) is 39.0. The first-order chi connectivity index (χ1) is 14.5. The highest BCUT2D eigenvalue weighted by molar-refractivity contribution is 7.09. The van der Waals surface area contributed by atoms with Gasteiger partial charge in [0.15, 0.2) is 0 Å². The number of nitrogens with zero attached hydrogens (tertiary/aromatic N) is 1. The van der Waals surface area contributed by atoms with E-state index in [4.69, 9.17) is 5.73 Å². The molecule has 4 N–H and O–H groups in total. The van der Waals surface area contributed by atoms with Crippen LogP contribution in [0, 0.1) is 5.82 Å². The number of carbonyl (C=O) groups is 3. The normalized spacial score (nSPS) is 21.2. The van der Waals surface area contributed by atoms with Crippen molar-refractivity contribution in [2.45, 2.75) is 56.7 Å². The van der Waals surface area contributed by atoms with Gasteiger partial charge in [-0.1, -0.05) is 30.3 Å². The summed E-state index contributed by atoms with van der Waals surface area (Å²) >= 11 is 1.11. The average Bonchev–Trinajstić information content (AvgIpc) is 3.27. The molecule has 1 unspecified atom stereocenters. The van der Waals surface area contributed by atoms with Gasteiger partial charge in [0.05, 0.1) is 0 Å². The van der Waals surface area contributed by atoms with Gasteiger partial charge in [0, 0.05) is 22.8 Å². The first-order valence-electron chi connectivity index (χ1n) is 9.88. The lowest BCUT2D eigenvalue weighted by atomic mass is 9.99. The lowest BCUT2D eigenvalue weighted by Crippen LogP contribution is -2.60. The van der Waals surface area contributed by atoms with Gasteiger partial charge in [0.25, 0.3) is 0 Å². The fraction of sp³-hybridized carbons (Fsp3) is 0.409. The van der Waals surface area contributed by atoms with Crippen LogP contribution >= 0.6 is 11.3 Å². The Balaban J connectivity index is 1.93. The standard InChI is InChI=1S/C22H26FN3O4S/c1-21(2,3)26(20(29)30)16(11-17-15(23)9-10-31-17)18(27)25-22(19(24)28)12-14(22)13-7-5-4-6-8-13/h4-10,14,16H,11-12H2,1-3H3,(H2,24,28)(H,25,27)(H,29,30)/t14-,16?,22+/m0/s1. The highest BCUT2D eigenvalue weighted by Crippen LogP contribution is 2.51. The van der Waals surface area contributed by atoms with Crippen molar-refractivity contribution in [2.24, 2.45) is 5.73 Å². The van der Waals surface area contributed by atoms with Crippen molar-refractivity contribution in [2.75, 3.05) is 0 Å². The number of nitrogens with one attached hydrogen (secondary N) is 1. The highest BCUT2D eigenvalue weighted by atomic mass is 32.1. The third-order valence-corrected chi connectivity index (χ3v) is 6.48. The minimum Gasteiger partial charge on any atom is -0.465 e. The maximum Gasteiger partial charge on any atom is 0.408 e. The summed E-state index contributed by atoms with van der Waals surface area (Å²) in [5, 5.41) is 14.1. The first kappa shape index (κ1) is 22.7. The Morgan fingerprint density at radius 1 is 1.29 bits per heavy atom. The Morgan fingerprint density at radius 3 is 2.42 bits per heavy atom. The van der Waals surface area contributed by atoms with Crippen LogP contribution in [0.3, 0.4) is 0 Å². The van der Waals surface area contributed by atoms with Crippen LogP contribution in [0.5, 0.6) is 0 Å². The van der Waals surface area contributed by atoms with Crippen LogP contribution in [0.15, 0.2) is 41.8 Å². The zero-order chi connectivity index (χ0) is 23.0. The third-order valence-electron chi connectivity index (χ3n) is 5.56. The van der Waals surface area contributed by atoms with Gasteiger partial charge >= 0.3 is 6.09 Å². The third kappa shape index (κ3) is 4.56. The van der Waals surface area contributed by atoms with E-state index in [1.54, 1.807) is 26.2 Å². The second-order valence-electron chi connectivity index (χ2n) is 8.73. The van der Waals surface area contributed by atoms with Crippen molar-refractivity contribution in [3.05, 3.63) is 58.0 Å². The molecule has 1 aromatic carbocycles. The van der Waals surface area contributed by atoms with Crippen LogP contribution in [0.25, 0.3) is 0 Å². The molecule has 9 heteroatoms. The predicted octanol–water partition coefficient (Wildman–Crippen LogP) is 3.10. The number of carboxylic acid groups (broad SMARTS) is 1. The number of benzene rings is 1. The average molecular weight is 448 g/mol. The van der Waals surface area contributed by atoms with Gasteiger partial charge in [-0.25, -0.2) is 9.18 Å². The first-order valence-corrected chi connectivity index (χ1v) is 10.8. The van der Waals surface area contributed by atoms with E-state index in [9.17, 15) is 23.9 Å². The minimum absolute atomic E-state index is 0.149. The van der Waals surface area contributed by atoms with Gasteiger partial charge in [-0.2, -0.15) is 0 Å². The number of amides is 3. The molecule has 2 aromatic rings. The Hall–Kier alpha value is -2.94. The van der Waals surface area contributed by atoms with Crippen LogP contribution in [-0.2, 0) is 16.0 Å². The summed E-state index contributed by atoms with van der Waals surface area (Å²) in [7, 11) is 0. The van der Waals surface area contributed by atoms with Gasteiger partial charge in [0.2, 0.25) is 11.8 Å². The van der Waals surface area contributed by atoms with E-state index in [1.807, 2.05) is 30.3 Å². The molecular formula is C22H26FN3O4S. The number of thiophene rings is 1. The van der Waals surface area contributed by atoms with E-state index in [2.05, 4.69) is 5.32 Å². The highest BCUT2D eigenvalue weighted by Gasteiger charge is 2.61. The van der Waals surface area contributed by atoms with Crippen LogP contribution in [-0.4, -0.2) is 45.0 Å². The molecule has 1 aliphatic rings. The molecule has 1 aromatic heterocycles. The molecule has 166 valence electrons. The van der Waals surface area contributed by atoms with Gasteiger partial charge < -0.3 is 16.2 Å². The maximum atomic E-state index is 14.1. The fourth-order valence-electron chi connectivity index (χ4n) is 3.96. The quantitative estimate of drug-likeness (QED) is 0.605. The number of hydrogen-bond acceptors (Lipinski definition) is 4. The molecule has 3 amide bonds. The predicted molar refractivity (Wildman–Crippen MR) is 115 cm³/mol. The van der Waals surface area contributed by atoms with E-state index in [0.717, 1.165) is 21.8 Å². The lowest BCUT2D eigenvalue weighted by molar-refractivity contribution is -0.132. The molecule has 0 spiro atoms. The zero-order valence-electron chi connectivity index (χ0n) is 17.6. The van der Waals surface area contributed by atoms with E-state index < -0.39 is 40.8 Å². The lowest BCUT2D eigenvalue weighted by Gasteiger charge is -2.39. The summed E-state index contributed by atoms with van der Waals surface area (Å²) in [5.74, 6) is -2.17. The molecule has 0 bridgehead atoms. The smallest absolute Gasteiger partial charge is 0.408 e. The molecule has 1 aliphatic carbocycles. The van der Waals surface area contributed by atoms with Crippen molar-refractivity contribution in [3.63, 3.8) is 0 Å². The van der Waals surface area contributed by atoms with E-state index in [0.29, 0.717) is 6.42 Å². The van der Waals surface area contributed by atoms with Crippen LogP contribution in [0.2, 0.25) is 0 Å². The van der Waals surface area contributed by atoms with Crippen molar-refractivity contribution in [1.82, 2.24) is 10.2 Å². The largest absolute Gasteiger partial charge is 0.465 e. The molecule has 1 heterocycles. The molecule has 0 saturated heterocycles. The Morgan fingerprint density at radius 2 is 1.94 bits per heavy atom. The molecule has 3 atom stereocenters. The van der Waals surface area contributed by atoms with E-state index in [-0.39, 0.29) is 17.2 Å². The van der Waals surface area contributed by atoms with E-state index in [1.165, 1.54) is 6.07 Å². The molecule has 31 heavy (non-hydrogen) atoms. The SMILES string of the molecule is CC(C)(C)N(C(=O)O)C(Cc1sccc1F)C(=O)N[C@]1(C(N)=O)C[C@H]1c1ccccc1. The number of carbonyl (C=O) groups excluding carboxylic acids is 2. The molecule has 1 saturated carbocycles. The summed E-state index contributed by atoms with van der Waals surface area (Å²) in [5.41, 5.74) is 4.26. The van der Waals surface area contributed by atoms with Gasteiger partial charge in [-0.15, -0.1) is 11.3 Å². The molecule has 1 fully saturated rings. The summed E-state index contributed by atoms with van der Waals surface area (Å²) < 4.78 is 14.1. The second kappa shape index (κ2) is 8.30. The Kier molecular flexibility index (Phi) is 6.09. The van der Waals surface area contributed by atoms with Crippen molar-refractivity contribution in [1.29, 1.82) is 0 Å².